The summed E-state index contributed by atoms with van der Waals surface area (Å²) in [5, 5.41) is 12.8. The van der Waals surface area contributed by atoms with E-state index in [1.807, 2.05) is 43.3 Å². The lowest BCUT2D eigenvalue weighted by molar-refractivity contribution is -0.111. The van der Waals surface area contributed by atoms with Gasteiger partial charge in [0.05, 0.1) is 5.69 Å². The second-order valence-electron chi connectivity index (χ2n) is 7.71. The van der Waals surface area contributed by atoms with Crippen molar-refractivity contribution in [3.05, 3.63) is 82.9 Å². The topological polar surface area (TPSA) is 63.1 Å². The zero-order valence-electron chi connectivity index (χ0n) is 18.9. The highest BCUT2D eigenvalue weighted by Crippen LogP contribution is 2.23. The number of nitrogens with zero attached hydrogens (tertiary/aromatic N) is 4. The van der Waals surface area contributed by atoms with Crippen molar-refractivity contribution in [2.75, 3.05) is 23.3 Å². The van der Waals surface area contributed by atoms with Gasteiger partial charge >= 0.3 is 0 Å². The third-order valence-corrected chi connectivity index (χ3v) is 5.74. The largest absolute Gasteiger partial charge is 0.372 e. The Morgan fingerprint density at radius 3 is 2.27 bits per heavy atom. The van der Waals surface area contributed by atoms with Crippen LogP contribution >= 0.6 is 11.6 Å². The van der Waals surface area contributed by atoms with Crippen molar-refractivity contribution in [3.8, 4) is 5.69 Å². The summed E-state index contributed by atoms with van der Waals surface area (Å²) in [6.07, 6.45) is 3.25. The molecule has 0 aliphatic carbocycles. The Labute approximate surface area is 198 Å². The Kier molecular flexibility index (Phi) is 6.75. The van der Waals surface area contributed by atoms with Crippen LogP contribution in [0.2, 0.25) is 5.02 Å². The average molecular weight is 460 g/mol. The molecule has 0 saturated carbocycles. The van der Waals surface area contributed by atoms with Crippen molar-refractivity contribution >= 4 is 46.0 Å². The molecule has 7 heteroatoms. The number of benzene rings is 3. The fraction of sp³-hybridized carbons (Fsp3) is 0.192. The van der Waals surface area contributed by atoms with Gasteiger partial charge in [-0.15, -0.1) is 10.2 Å². The van der Waals surface area contributed by atoms with Gasteiger partial charge in [-0.2, -0.15) is 4.80 Å². The fourth-order valence-corrected chi connectivity index (χ4v) is 3.75. The minimum Gasteiger partial charge on any atom is -0.372 e. The first kappa shape index (κ1) is 22.6. The van der Waals surface area contributed by atoms with Crippen LogP contribution in [-0.2, 0) is 4.79 Å². The number of anilines is 2. The molecule has 0 aliphatic rings. The molecule has 0 spiro atoms. The molecule has 1 heterocycles. The number of hydrogen-bond acceptors (Lipinski definition) is 4. The lowest BCUT2D eigenvalue weighted by Gasteiger charge is -2.20. The molecule has 0 saturated heterocycles. The highest BCUT2D eigenvalue weighted by Gasteiger charge is 2.10. The quantitative estimate of drug-likeness (QED) is 0.350. The van der Waals surface area contributed by atoms with Crippen LogP contribution in [-0.4, -0.2) is 34.0 Å². The van der Waals surface area contributed by atoms with Gasteiger partial charge in [-0.1, -0.05) is 23.7 Å². The monoisotopic (exact) mass is 459 g/mol. The highest BCUT2D eigenvalue weighted by molar-refractivity contribution is 6.30. The van der Waals surface area contributed by atoms with E-state index in [1.165, 1.54) is 11.8 Å². The normalized spacial score (nSPS) is 11.3. The van der Waals surface area contributed by atoms with Crippen LogP contribution in [0.3, 0.4) is 0 Å². The number of fused-ring (bicyclic) bond motifs is 1. The van der Waals surface area contributed by atoms with E-state index in [0.29, 0.717) is 16.2 Å². The van der Waals surface area contributed by atoms with Gasteiger partial charge in [-0.25, -0.2) is 0 Å². The van der Waals surface area contributed by atoms with Crippen molar-refractivity contribution in [1.29, 1.82) is 0 Å². The SMILES string of the molecule is CCN(CC)c1ccc(-n2nc3cc(C)c(NC(=O)C=Cc4ccc(Cl)cc4)cc3n2)cc1. The highest BCUT2D eigenvalue weighted by atomic mass is 35.5. The van der Waals surface area contributed by atoms with E-state index >= 15 is 0 Å². The summed E-state index contributed by atoms with van der Waals surface area (Å²) in [5.41, 5.74) is 6.07. The van der Waals surface area contributed by atoms with Gasteiger partial charge in [0, 0.05) is 35.6 Å². The first-order chi connectivity index (χ1) is 16.0. The summed E-state index contributed by atoms with van der Waals surface area (Å²) >= 11 is 5.90. The first-order valence-electron chi connectivity index (χ1n) is 10.9. The Bertz CT molecular complexity index is 1290. The number of halogens is 1. The molecular formula is C26H26ClN5O. The number of carbonyl (C=O) groups is 1. The summed E-state index contributed by atoms with van der Waals surface area (Å²) < 4.78 is 0. The molecular weight excluding hydrogens is 434 g/mol. The molecule has 0 fully saturated rings. The summed E-state index contributed by atoms with van der Waals surface area (Å²) in [6, 6.07) is 19.3. The number of aryl methyl sites for hydroxylation is 1. The van der Waals surface area contributed by atoms with Crippen molar-refractivity contribution < 1.29 is 4.79 Å². The number of nitrogens with one attached hydrogen (secondary N) is 1. The Hall–Kier alpha value is -3.64. The first-order valence-corrected chi connectivity index (χ1v) is 11.3. The van der Waals surface area contributed by atoms with Crippen LogP contribution in [0.15, 0.2) is 66.7 Å². The van der Waals surface area contributed by atoms with Crippen LogP contribution in [0.25, 0.3) is 22.8 Å². The predicted molar refractivity (Wildman–Crippen MR) is 136 cm³/mol. The Balaban J connectivity index is 1.52. The zero-order chi connectivity index (χ0) is 23.4. The maximum Gasteiger partial charge on any atom is 0.248 e. The van der Waals surface area contributed by atoms with Crippen molar-refractivity contribution in [3.63, 3.8) is 0 Å². The lowest BCUT2D eigenvalue weighted by Crippen LogP contribution is -2.21. The van der Waals surface area contributed by atoms with Gasteiger partial charge in [0.15, 0.2) is 0 Å². The van der Waals surface area contributed by atoms with Crippen molar-refractivity contribution in [1.82, 2.24) is 15.0 Å². The number of carbonyl (C=O) groups excluding carboxylic acids is 1. The van der Waals surface area contributed by atoms with Gasteiger partial charge in [0.25, 0.3) is 0 Å². The molecule has 0 atom stereocenters. The smallest absolute Gasteiger partial charge is 0.248 e. The molecule has 168 valence electrons. The standard InChI is InChI=1S/C26H26ClN5O/c1-4-31(5-2)21-11-13-22(14-12-21)32-29-24-16-18(3)23(17-25(24)30-32)28-26(33)15-8-19-6-9-20(27)10-7-19/h6-17H,4-5H2,1-3H3,(H,28,33). The molecule has 1 aromatic heterocycles. The van der Waals surface area contributed by atoms with Crippen molar-refractivity contribution in [2.24, 2.45) is 0 Å². The Morgan fingerprint density at radius 2 is 1.64 bits per heavy atom. The number of rotatable bonds is 7. The summed E-state index contributed by atoms with van der Waals surface area (Å²) in [5.74, 6) is -0.216. The molecule has 0 radical (unpaired) electrons. The van der Waals surface area contributed by atoms with Gasteiger partial charge in [0.1, 0.15) is 11.0 Å². The fourth-order valence-electron chi connectivity index (χ4n) is 3.62. The molecule has 4 aromatic rings. The van der Waals surface area contributed by atoms with E-state index in [1.54, 1.807) is 23.0 Å². The molecule has 4 rings (SSSR count). The molecule has 0 bridgehead atoms. The third-order valence-electron chi connectivity index (χ3n) is 5.49. The molecule has 1 N–H and O–H groups in total. The van der Waals surface area contributed by atoms with E-state index in [-0.39, 0.29) is 5.91 Å². The average Bonchev–Trinajstić information content (AvgIpc) is 3.23. The van der Waals surface area contributed by atoms with E-state index in [4.69, 9.17) is 11.6 Å². The van der Waals surface area contributed by atoms with Crippen LogP contribution in [0, 0.1) is 6.92 Å². The van der Waals surface area contributed by atoms with E-state index in [2.05, 4.69) is 46.4 Å². The molecule has 33 heavy (non-hydrogen) atoms. The van der Waals surface area contributed by atoms with Crippen molar-refractivity contribution in [2.45, 2.75) is 20.8 Å². The minimum absolute atomic E-state index is 0.216. The van der Waals surface area contributed by atoms with E-state index < -0.39 is 0 Å². The van der Waals surface area contributed by atoms with E-state index in [9.17, 15) is 4.79 Å². The Morgan fingerprint density at radius 1 is 1.00 bits per heavy atom. The van der Waals surface area contributed by atoms with Gasteiger partial charge in [0.2, 0.25) is 5.91 Å². The van der Waals surface area contributed by atoms with Gasteiger partial charge in [-0.3, -0.25) is 4.79 Å². The number of aromatic nitrogens is 3. The van der Waals surface area contributed by atoms with Crippen LogP contribution in [0.5, 0.6) is 0 Å². The van der Waals surface area contributed by atoms with Crippen LogP contribution < -0.4 is 10.2 Å². The zero-order valence-corrected chi connectivity index (χ0v) is 19.7. The molecule has 3 aromatic carbocycles. The van der Waals surface area contributed by atoms with Crippen LogP contribution in [0.1, 0.15) is 25.0 Å². The second-order valence-corrected chi connectivity index (χ2v) is 8.14. The third kappa shape index (κ3) is 5.23. The number of amides is 1. The second kappa shape index (κ2) is 9.88. The molecule has 1 amide bonds. The minimum atomic E-state index is -0.216. The summed E-state index contributed by atoms with van der Waals surface area (Å²) in [7, 11) is 0. The van der Waals surface area contributed by atoms with Crippen LogP contribution in [0.4, 0.5) is 11.4 Å². The van der Waals surface area contributed by atoms with Gasteiger partial charge in [-0.05, 0) is 86.5 Å². The summed E-state index contributed by atoms with van der Waals surface area (Å²) in [4.78, 5) is 16.4. The molecule has 0 unspecified atom stereocenters. The van der Waals surface area contributed by atoms with Gasteiger partial charge < -0.3 is 10.2 Å². The predicted octanol–water partition coefficient (Wildman–Crippen LogP) is 5.88. The molecule has 0 aliphatic heterocycles. The maximum absolute atomic E-state index is 12.4. The van der Waals surface area contributed by atoms with E-state index in [0.717, 1.165) is 35.4 Å². The number of hydrogen-bond donors (Lipinski definition) is 1. The summed E-state index contributed by atoms with van der Waals surface area (Å²) in [6.45, 7) is 8.15. The maximum atomic E-state index is 12.4. The molecule has 6 nitrogen and oxygen atoms in total. The lowest BCUT2D eigenvalue weighted by atomic mass is 10.1.